The minimum absolute atomic E-state index is 0.0674. The summed E-state index contributed by atoms with van der Waals surface area (Å²) in [5, 5.41) is 9.08. The van der Waals surface area contributed by atoms with Gasteiger partial charge in [0.15, 0.2) is 0 Å². The number of aliphatic hydroxyl groups excluding tert-OH is 1. The molecule has 1 amide bonds. The molecule has 0 aliphatic carbocycles. The molecule has 0 bridgehead atoms. The summed E-state index contributed by atoms with van der Waals surface area (Å²) in [6.45, 7) is 2.81. The highest BCUT2D eigenvalue weighted by Crippen LogP contribution is 2.25. The molecule has 0 aliphatic heterocycles. The molecule has 1 aromatic heterocycles. The van der Waals surface area contributed by atoms with Crippen molar-refractivity contribution in [3.8, 4) is 11.1 Å². The van der Waals surface area contributed by atoms with Crippen molar-refractivity contribution in [2.24, 2.45) is 0 Å². The number of carbonyl (C=O) groups excluding carboxylic acids is 1. The summed E-state index contributed by atoms with van der Waals surface area (Å²) in [5.74, 6) is -0.443. The number of rotatable bonds is 6. The fourth-order valence-corrected chi connectivity index (χ4v) is 2.28. The lowest BCUT2D eigenvalue weighted by atomic mass is 10.0. The lowest BCUT2D eigenvalue weighted by Crippen LogP contribution is -2.34. The number of carbonyl (C=O) groups is 1. The first-order chi connectivity index (χ1) is 10.2. The molecule has 1 aromatic carbocycles. The van der Waals surface area contributed by atoms with Gasteiger partial charge >= 0.3 is 0 Å². The van der Waals surface area contributed by atoms with Crippen molar-refractivity contribution in [2.75, 3.05) is 19.7 Å². The SMILES string of the molecule is CCCN(CCO)C(=O)c1c[nH]cc1-c1ccc(F)cc1. The van der Waals surface area contributed by atoms with Crippen LogP contribution in [0.5, 0.6) is 0 Å². The predicted molar refractivity (Wildman–Crippen MR) is 79.5 cm³/mol. The van der Waals surface area contributed by atoms with Crippen LogP contribution in [0.25, 0.3) is 11.1 Å². The topological polar surface area (TPSA) is 56.3 Å². The molecule has 112 valence electrons. The lowest BCUT2D eigenvalue weighted by molar-refractivity contribution is 0.0723. The molecule has 0 atom stereocenters. The van der Waals surface area contributed by atoms with Crippen molar-refractivity contribution in [1.29, 1.82) is 0 Å². The Morgan fingerprint density at radius 2 is 1.95 bits per heavy atom. The Hall–Kier alpha value is -2.14. The Labute approximate surface area is 123 Å². The normalized spacial score (nSPS) is 10.6. The van der Waals surface area contributed by atoms with Crippen molar-refractivity contribution >= 4 is 5.91 Å². The first-order valence-electron chi connectivity index (χ1n) is 7.00. The van der Waals surface area contributed by atoms with Gasteiger partial charge in [-0.15, -0.1) is 0 Å². The Kier molecular flexibility index (Phi) is 5.11. The summed E-state index contributed by atoms with van der Waals surface area (Å²) in [7, 11) is 0. The molecule has 2 rings (SSSR count). The zero-order valence-corrected chi connectivity index (χ0v) is 12.0. The molecule has 0 radical (unpaired) electrons. The minimum Gasteiger partial charge on any atom is -0.395 e. The average Bonchev–Trinajstić information content (AvgIpc) is 2.96. The van der Waals surface area contributed by atoms with Crippen molar-refractivity contribution in [3.05, 3.63) is 48.0 Å². The summed E-state index contributed by atoms with van der Waals surface area (Å²) in [5.41, 5.74) is 2.05. The maximum atomic E-state index is 13.0. The fraction of sp³-hybridized carbons (Fsp3) is 0.312. The third-order valence-corrected chi connectivity index (χ3v) is 3.28. The maximum absolute atomic E-state index is 13.0. The van der Waals surface area contributed by atoms with Crippen molar-refractivity contribution in [2.45, 2.75) is 13.3 Å². The van der Waals surface area contributed by atoms with Crippen LogP contribution in [0.3, 0.4) is 0 Å². The van der Waals surface area contributed by atoms with E-state index in [1.807, 2.05) is 6.92 Å². The van der Waals surface area contributed by atoms with Gasteiger partial charge in [0.05, 0.1) is 12.2 Å². The molecule has 0 unspecified atom stereocenters. The summed E-state index contributed by atoms with van der Waals surface area (Å²) < 4.78 is 13.0. The molecule has 0 spiro atoms. The first kappa shape index (κ1) is 15.3. The Balaban J connectivity index is 2.30. The van der Waals surface area contributed by atoms with E-state index in [9.17, 15) is 9.18 Å². The number of halogens is 1. The standard InChI is InChI=1S/C16H19FN2O2/c1-2-7-19(8-9-20)16(21)15-11-18-10-14(15)12-3-5-13(17)6-4-12/h3-6,10-11,18,20H,2,7-9H2,1H3. The van der Waals surface area contributed by atoms with Crippen LogP contribution in [0, 0.1) is 5.82 Å². The second-order valence-electron chi connectivity index (χ2n) is 4.81. The molecule has 1 heterocycles. The van der Waals surface area contributed by atoms with Crippen LogP contribution >= 0.6 is 0 Å². The number of hydrogen-bond donors (Lipinski definition) is 2. The van der Waals surface area contributed by atoms with Gasteiger partial charge in [-0.2, -0.15) is 0 Å². The quantitative estimate of drug-likeness (QED) is 0.859. The first-order valence-corrected chi connectivity index (χ1v) is 7.00. The molecular weight excluding hydrogens is 271 g/mol. The van der Waals surface area contributed by atoms with E-state index in [0.29, 0.717) is 18.7 Å². The van der Waals surface area contributed by atoms with Crippen molar-refractivity contribution in [1.82, 2.24) is 9.88 Å². The van der Waals surface area contributed by atoms with Crippen LogP contribution in [0.2, 0.25) is 0 Å². The number of nitrogens with one attached hydrogen (secondary N) is 1. The van der Waals surface area contributed by atoms with E-state index >= 15 is 0 Å². The highest BCUT2D eigenvalue weighted by atomic mass is 19.1. The molecule has 0 aliphatic rings. The molecule has 21 heavy (non-hydrogen) atoms. The molecule has 0 fully saturated rings. The van der Waals surface area contributed by atoms with Crippen LogP contribution in [0.1, 0.15) is 23.7 Å². The number of aromatic nitrogens is 1. The number of amides is 1. The zero-order chi connectivity index (χ0) is 15.2. The molecule has 5 heteroatoms. The van der Waals surface area contributed by atoms with Crippen LogP contribution in [-0.4, -0.2) is 40.6 Å². The largest absolute Gasteiger partial charge is 0.395 e. The number of aromatic amines is 1. The molecule has 0 saturated heterocycles. The third-order valence-electron chi connectivity index (χ3n) is 3.28. The van der Waals surface area contributed by atoms with E-state index in [0.717, 1.165) is 17.5 Å². The third kappa shape index (κ3) is 3.49. The molecule has 2 aromatic rings. The van der Waals surface area contributed by atoms with E-state index in [2.05, 4.69) is 4.98 Å². The minimum atomic E-state index is -0.310. The average molecular weight is 290 g/mol. The fourth-order valence-electron chi connectivity index (χ4n) is 2.28. The van der Waals surface area contributed by atoms with Gasteiger partial charge in [0.25, 0.3) is 5.91 Å². The smallest absolute Gasteiger partial charge is 0.256 e. The van der Waals surface area contributed by atoms with E-state index < -0.39 is 0 Å². The summed E-state index contributed by atoms with van der Waals surface area (Å²) >= 11 is 0. The zero-order valence-electron chi connectivity index (χ0n) is 12.0. The lowest BCUT2D eigenvalue weighted by Gasteiger charge is -2.21. The predicted octanol–water partition coefficient (Wildman–Crippen LogP) is 2.67. The van der Waals surface area contributed by atoms with E-state index in [-0.39, 0.29) is 18.3 Å². The Morgan fingerprint density at radius 1 is 1.24 bits per heavy atom. The molecular formula is C16H19FN2O2. The number of hydrogen-bond acceptors (Lipinski definition) is 2. The number of benzene rings is 1. The second kappa shape index (κ2) is 7.04. The molecule has 4 nitrogen and oxygen atoms in total. The van der Waals surface area contributed by atoms with E-state index in [1.165, 1.54) is 12.1 Å². The van der Waals surface area contributed by atoms with Gasteiger partial charge in [-0.1, -0.05) is 19.1 Å². The van der Waals surface area contributed by atoms with Crippen LogP contribution in [0.15, 0.2) is 36.7 Å². The van der Waals surface area contributed by atoms with Crippen molar-refractivity contribution in [3.63, 3.8) is 0 Å². The molecule has 2 N–H and O–H groups in total. The molecule has 0 saturated carbocycles. The highest BCUT2D eigenvalue weighted by Gasteiger charge is 2.19. The monoisotopic (exact) mass is 290 g/mol. The van der Waals surface area contributed by atoms with Gasteiger partial charge < -0.3 is 15.0 Å². The van der Waals surface area contributed by atoms with Crippen LogP contribution in [0.4, 0.5) is 4.39 Å². The highest BCUT2D eigenvalue weighted by molar-refractivity contribution is 6.00. The van der Waals surface area contributed by atoms with Gasteiger partial charge in [0, 0.05) is 31.0 Å². The number of nitrogens with zero attached hydrogens (tertiary/aromatic N) is 1. The van der Waals surface area contributed by atoms with Crippen molar-refractivity contribution < 1.29 is 14.3 Å². The van der Waals surface area contributed by atoms with Gasteiger partial charge in [0.1, 0.15) is 5.82 Å². The Bertz CT molecular complexity index is 587. The number of H-pyrrole nitrogens is 1. The summed E-state index contributed by atoms with van der Waals surface area (Å²) in [6, 6.07) is 6.03. The van der Waals surface area contributed by atoms with Crippen LogP contribution < -0.4 is 0 Å². The van der Waals surface area contributed by atoms with Gasteiger partial charge in [-0.3, -0.25) is 4.79 Å². The summed E-state index contributed by atoms with van der Waals surface area (Å²) in [6.07, 6.45) is 4.19. The van der Waals surface area contributed by atoms with Gasteiger partial charge in [-0.05, 0) is 24.1 Å². The van der Waals surface area contributed by atoms with Gasteiger partial charge in [0.2, 0.25) is 0 Å². The van der Waals surface area contributed by atoms with E-state index in [1.54, 1.807) is 29.4 Å². The number of aliphatic hydroxyl groups is 1. The van der Waals surface area contributed by atoms with Gasteiger partial charge in [-0.25, -0.2) is 4.39 Å². The second-order valence-corrected chi connectivity index (χ2v) is 4.81. The Morgan fingerprint density at radius 3 is 2.57 bits per heavy atom. The maximum Gasteiger partial charge on any atom is 0.256 e. The van der Waals surface area contributed by atoms with E-state index in [4.69, 9.17) is 5.11 Å². The summed E-state index contributed by atoms with van der Waals surface area (Å²) in [4.78, 5) is 17.1. The van der Waals surface area contributed by atoms with Crippen LogP contribution in [-0.2, 0) is 0 Å².